The number of anilines is 1. The number of benzene rings is 1. The first kappa shape index (κ1) is 17.9. The molecule has 1 aromatic heterocycles. The van der Waals surface area contributed by atoms with Gasteiger partial charge in [0.25, 0.3) is 5.91 Å². The number of carbonyl (C=O) groups excluding carboxylic acids is 2. The summed E-state index contributed by atoms with van der Waals surface area (Å²) in [4.78, 5) is 29.1. The summed E-state index contributed by atoms with van der Waals surface area (Å²) in [5, 5.41) is 3.50. The largest absolute Gasteiger partial charge is 0.495 e. The number of thiazole rings is 1. The van der Waals surface area contributed by atoms with Crippen molar-refractivity contribution in [1.29, 1.82) is 0 Å². The van der Waals surface area contributed by atoms with E-state index >= 15 is 0 Å². The van der Waals surface area contributed by atoms with Gasteiger partial charge >= 0.3 is 5.97 Å². The molecule has 1 amide bonds. The molecule has 24 heavy (non-hydrogen) atoms. The summed E-state index contributed by atoms with van der Waals surface area (Å²) in [6, 6.07) is 5.44. The van der Waals surface area contributed by atoms with E-state index in [1.165, 1.54) is 25.4 Å². The molecule has 1 N–H and O–H groups in total. The fraction of sp³-hybridized carbons (Fsp3) is 0.353. The number of nitrogens with zero attached hydrogens (tertiary/aromatic N) is 1. The van der Waals surface area contributed by atoms with Gasteiger partial charge in [-0.25, -0.2) is 9.78 Å². The van der Waals surface area contributed by atoms with Crippen molar-refractivity contribution in [2.24, 2.45) is 0 Å². The van der Waals surface area contributed by atoms with Crippen LogP contribution >= 0.6 is 11.3 Å². The van der Waals surface area contributed by atoms with Gasteiger partial charge in [0.2, 0.25) is 0 Å². The lowest BCUT2D eigenvalue weighted by atomic mass is 10.2. The Hall–Kier alpha value is -2.41. The summed E-state index contributed by atoms with van der Waals surface area (Å²) in [5.41, 5.74) is 2.12. The molecule has 0 fully saturated rings. The number of amides is 1. The predicted octanol–water partition coefficient (Wildman–Crippen LogP) is 3.26. The van der Waals surface area contributed by atoms with Crippen LogP contribution in [-0.2, 0) is 9.53 Å². The van der Waals surface area contributed by atoms with Crippen molar-refractivity contribution in [3.63, 3.8) is 0 Å². The third kappa shape index (κ3) is 4.11. The smallest absolute Gasteiger partial charge is 0.351 e. The maximum Gasteiger partial charge on any atom is 0.351 e. The van der Waals surface area contributed by atoms with Crippen LogP contribution in [0.15, 0.2) is 18.2 Å². The summed E-state index contributed by atoms with van der Waals surface area (Å²) in [5.74, 6) is -0.426. The highest BCUT2D eigenvalue weighted by Gasteiger charge is 2.23. The molecule has 1 atom stereocenters. The normalized spacial score (nSPS) is 11.7. The van der Waals surface area contributed by atoms with Gasteiger partial charge in [-0.1, -0.05) is 6.07 Å². The van der Waals surface area contributed by atoms with Gasteiger partial charge < -0.3 is 14.8 Å². The van der Waals surface area contributed by atoms with E-state index in [0.717, 1.165) is 10.6 Å². The first-order valence-corrected chi connectivity index (χ1v) is 8.24. The summed E-state index contributed by atoms with van der Waals surface area (Å²) in [6.45, 7) is 6.99. The Labute approximate surface area is 144 Å². The third-order valence-corrected chi connectivity index (χ3v) is 4.41. The van der Waals surface area contributed by atoms with Gasteiger partial charge in [0.05, 0.1) is 23.5 Å². The van der Waals surface area contributed by atoms with Crippen LogP contribution in [0.1, 0.15) is 32.9 Å². The van der Waals surface area contributed by atoms with E-state index in [2.05, 4.69) is 10.3 Å². The summed E-state index contributed by atoms with van der Waals surface area (Å²) in [6.07, 6.45) is -0.940. The van der Waals surface area contributed by atoms with E-state index in [9.17, 15) is 9.59 Å². The maximum atomic E-state index is 12.3. The van der Waals surface area contributed by atoms with Gasteiger partial charge in [-0.2, -0.15) is 0 Å². The summed E-state index contributed by atoms with van der Waals surface area (Å²) in [7, 11) is 1.53. The number of aromatic nitrogens is 1. The van der Waals surface area contributed by atoms with E-state index in [4.69, 9.17) is 9.47 Å². The number of rotatable bonds is 5. The second-order valence-electron chi connectivity index (χ2n) is 5.39. The third-order valence-electron chi connectivity index (χ3n) is 3.35. The van der Waals surface area contributed by atoms with Crippen LogP contribution < -0.4 is 10.1 Å². The van der Waals surface area contributed by atoms with Crippen LogP contribution in [0.25, 0.3) is 0 Å². The molecule has 6 nitrogen and oxygen atoms in total. The molecule has 0 radical (unpaired) electrons. The Morgan fingerprint density at radius 1 is 1.25 bits per heavy atom. The molecule has 0 spiro atoms. The Morgan fingerprint density at radius 3 is 2.54 bits per heavy atom. The van der Waals surface area contributed by atoms with Crippen LogP contribution in [0.5, 0.6) is 5.75 Å². The number of ether oxygens (including phenoxy) is 2. The number of methoxy groups -OCH3 is 1. The van der Waals surface area contributed by atoms with Crippen molar-refractivity contribution >= 4 is 28.9 Å². The number of carbonyl (C=O) groups is 2. The minimum atomic E-state index is -0.940. The molecule has 128 valence electrons. The van der Waals surface area contributed by atoms with Crippen molar-refractivity contribution in [2.45, 2.75) is 33.8 Å². The Bertz CT molecular complexity index is 770. The predicted molar refractivity (Wildman–Crippen MR) is 92.8 cm³/mol. The molecule has 0 aliphatic rings. The molecule has 7 heteroatoms. The highest BCUT2D eigenvalue weighted by Crippen LogP contribution is 2.25. The summed E-state index contributed by atoms with van der Waals surface area (Å²) >= 11 is 1.25. The lowest BCUT2D eigenvalue weighted by Gasteiger charge is -2.15. The monoisotopic (exact) mass is 348 g/mol. The Kier molecular flexibility index (Phi) is 5.56. The fourth-order valence-electron chi connectivity index (χ4n) is 2.14. The van der Waals surface area contributed by atoms with Crippen LogP contribution in [0.3, 0.4) is 0 Å². The highest BCUT2D eigenvalue weighted by molar-refractivity contribution is 7.13. The van der Waals surface area contributed by atoms with Crippen molar-refractivity contribution in [3.8, 4) is 5.75 Å². The van der Waals surface area contributed by atoms with E-state index < -0.39 is 18.0 Å². The SMILES string of the molecule is COc1ccc(C)cc1NC(=O)[C@H](C)OC(=O)c1sc(C)nc1C. The molecule has 0 unspecified atom stereocenters. The molecular weight excluding hydrogens is 328 g/mol. The topological polar surface area (TPSA) is 77.5 Å². The number of hydrogen-bond acceptors (Lipinski definition) is 6. The average molecular weight is 348 g/mol. The first-order valence-electron chi connectivity index (χ1n) is 7.42. The van der Waals surface area contributed by atoms with Gasteiger partial charge in [-0.05, 0) is 45.4 Å². The maximum absolute atomic E-state index is 12.3. The molecule has 0 aliphatic heterocycles. The minimum absolute atomic E-state index is 0.417. The first-order chi connectivity index (χ1) is 11.3. The molecule has 2 aromatic rings. The standard InChI is InChI=1S/C17H20N2O4S/c1-9-6-7-14(22-5)13(8-9)19-16(20)11(3)23-17(21)15-10(2)18-12(4)24-15/h6-8,11H,1-5H3,(H,19,20)/t11-/m0/s1. The average Bonchev–Trinajstić information content (AvgIpc) is 2.86. The zero-order valence-corrected chi connectivity index (χ0v) is 15.1. The molecule has 0 saturated carbocycles. The van der Waals surface area contributed by atoms with Gasteiger partial charge in [0.15, 0.2) is 6.10 Å². The number of nitrogens with one attached hydrogen (secondary N) is 1. The van der Waals surface area contributed by atoms with Crippen LogP contribution in [0, 0.1) is 20.8 Å². The van der Waals surface area contributed by atoms with Crippen molar-refractivity contribution < 1.29 is 19.1 Å². The van der Waals surface area contributed by atoms with E-state index in [1.54, 1.807) is 19.1 Å². The lowest BCUT2D eigenvalue weighted by molar-refractivity contribution is -0.123. The van der Waals surface area contributed by atoms with Crippen molar-refractivity contribution in [3.05, 3.63) is 39.3 Å². The second kappa shape index (κ2) is 7.44. The number of esters is 1. The zero-order valence-electron chi connectivity index (χ0n) is 14.3. The van der Waals surface area contributed by atoms with Crippen molar-refractivity contribution in [2.75, 3.05) is 12.4 Å². The van der Waals surface area contributed by atoms with Crippen LogP contribution in [-0.4, -0.2) is 30.1 Å². The molecule has 0 aliphatic carbocycles. The molecular formula is C17H20N2O4S. The second-order valence-corrected chi connectivity index (χ2v) is 6.59. The van der Waals surface area contributed by atoms with Gasteiger partial charge in [-0.15, -0.1) is 11.3 Å². The Balaban J connectivity index is 2.06. The van der Waals surface area contributed by atoms with Gasteiger partial charge in [-0.3, -0.25) is 4.79 Å². The fourth-order valence-corrected chi connectivity index (χ4v) is 2.94. The zero-order chi connectivity index (χ0) is 17.9. The molecule has 0 saturated heterocycles. The molecule has 1 heterocycles. The van der Waals surface area contributed by atoms with E-state index in [1.807, 2.05) is 19.9 Å². The van der Waals surface area contributed by atoms with Gasteiger partial charge in [0, 0.05) is 0 Å². The minimum Gasteiger partial charge on any atom is -0.495 e. The Morgan fingerprint density at radius 2 is 1.96 bits per heavy atom. The van der Waals surface area contributed by atoms with Crippen LogP contribution in [0.4, 0.5) is 5.69 Å². The lowest BCUT2D eigenvalue weighted by Crippen LogP contribution is -2.30. The number of aryl methyl sites for hydroxylation is 3. The van der Waals surface area contributed by atoms with E-state index in [-0.39, 0.29) is 0 Å². The number of hydrogen-bond donors (Lipinski definition) is 1. The quantitative estimate of drug-likeness (QED) is 0.839. The van der Waals surface area contributed by atoms with Crippen LogP contribution in [0.2, 0.25) is 0 Å². The molecule has 2 rings (SSSR count). The van der Waals surface area contributed by atoms with Gasteiger partial charge in [0.1, 0.15) is 10.6 Å². The highest BCUT2D eigenvalue weighted by atomic mass is 32.1. The van der Waals surface area contributed by atoms with Crippen molar-refractivity contribution in [1.82, 2.24) is 4.98 Å². The van der Waals surface area contributed by atoms with E-state index in [0.29, 0.717) is 22.0 Å². The molecule has 0 bridgehead atoms. The summed E-state index contributed by atoms with van der Waals surface area (Å²) < 4.78 is 10.5. The molecule has 1 aromatic carbocycles.